The summed E-state index contributed by atoms with van der Waals surface area (Å²) in [6.07, 6.45) is -1.18. The molecule has 1 aromatic carbocycles. The van der Waals surface area contributed by atoms with Crippen LogP contribution in [0.3, 0.4) is 0 Å². The molecule has 1 amide bonds. The maximum absolute atomic E-state index is 10.7. The van der Waals surface area contributed by atoms with Crippen molar-refractivity contribution >= 4 is 5.91 Å². The number of aryl methyl sites for hydroxylation is 1. The zero-order valence-electron chi connectivity index (χ0n) is 8.43. The minimum atomic E-state index is -1.18. The number of hydrogen-bond donors (Lipinski definition) is 1. The number of primary amides is 1. The van der Waals surface area contributed by atoms with Crippen LogP contribution in [0, 0.1) is 18.3 Å². The Kier molecular flexibility index (Phi) is 3.83. The molecule has 0 spiro atoms. The molecule has 0 saturated heterocycles. The van der Waals surface area contributed by atoms with E-state index in [1.165, 1.54) is 0 Å². The number of rotatable bonds is 4. The number of nitriles is 1. The van der Waals surface area contributed by atoms with E-state index in [0.29, 0.717) is 0 Å². The molecule has 15 heavy (non-hydrogen) atoms. The molecule has 0 aromatic heterocycles. The van der Waals surface area contributed by atoms with E-state index < -0.39 is 12.0 Å². The molecule has 0 radical (unpaired) electrons. The number of hydrogen-bond acceptors (Lipinski definition) is 3. The molecule has 0 aliphatic rings. The van der Waals surface area contributed by atoms with Gasteiger partial charge in [0.25, 0.3) is 5.91 Å². The second-order valence-electron chi connectivity index (χ2n) is 3.15. The third-order valence-corrected chi connectivity index (χ3v) is 2.04. The first-order valence-corrected chi connectivity index (χ1v) is 4.50. The minimum Gasteiger partial charge on any atom is -0.366 e. The summed E-state index contributed by atoms with van der Waals surface area (Å²) in [5.74, 6) is -0.758. The van der Waals surface area contributed by atoms with Gasteiger partial charge < -0.3 is 10.5 Å². The molecule has 0 fully saturated rings. The van der Waals surface area contributed by atoms with E-state index >= 15 is 0 Å². The molecule has 1 atom stereocenters. The van der Waals surface area contributed by atoms with Crippen LogP contribution in [0.4, 0.5) is 0 Å². The second kappa shape index (κ2) is 5.13. The van der Waals surface area contributed by atoms with Crippen molar-refractivity contribution in [1.29, 1.82) is 5.26 Å². The fourth-order valence-corrected chi connectivity index (χ4v) is 1.13. The van der Waals surface area contributed by atoms with Crippen LogP contribution in [0.1, 0.15) is 11.1 Å². The Morgan fingerprint density at radius 3 is 2.80 bits per heavy atom. The number of nitrogens with two attached hydrogens (primary N) is 1. The van der Waals surface area contributed by atoms with Crippen molar-refractivity contribution in [2.24, 2.45) is 5.73 Å². The van der Waals surface area contributed by atoms with Gasteiger partial charge in [0.1, 0.15) is 6.07 Å². The summed E-state index contributed by atoms with van der Waals surface area (Å²) >= 11 is 0. The predicted octanol–water partition coefficient (Wildman–Crippen LogP) is 0.889. The lowest BCUT2D eigenvalue weighted by Crippen LogP contribution is -2.29. The van der Waals surface area contributed by atoms with Crippen molar-refractivity contribution in [3.05, 3.63) is 35.4 Å². The van der Waals surface area contributed by atoms with E-state index in [0.717, 1.165) is 11.1 Å². The first-order chi connectivity index (χ1) is 7.15. The lowest BCUT2D eigenvalue weighted by molar-refractivity contribution is -0.126. The molecule has 1 rings (SSSR count). The van der Waals surface area contributed by atoms with Crippen LogP contribution in [0.15, 0.2) is 24.3 Å². The van der Waals surface area contributed by atoms with Gasteiger partial charge in [-0.15, -0.1) is 0 Å². The summed E-state index contributed by atoms with van der Waals surface area (Å²) in [4.78, 5) is 10.7. The molecular weight excluding hydrogens is 192 g/mol. The number of carbonyl (C=O) groups excluding carboxylic acids is 1. The summed E-state index contributed by atoms with van der Waals surface area (Å²) in [6, 6.07) is 9.29. The number of carbonyl (C=O) groups is 1. The fourth-order valence-electron chi connectivity index (χ4n) is 1.13. The highest BCUT2D eigenvalue weighted by Gasteiger charge is 2.14. The molecule has 4 heteroatoms. The second-order valence-corrected chi connectivity index (χ2v) is 3.15. The fraction of sp³-hybridized carbons (Fsp3) is 0.273. The Bertz CT molecular complexity index is 396. The molecule has 0 bridgehead atoms. The molecule has 0 heterocycles. The molecule has 0 aliphatic heterocycles. The van der Waals surface area contributed by atoms with Crippen LogP contribution in [0.25, 0.3) is 0 Å². The summed E-state index contributed by atoms with van der Waals surface area (Å²) < 4.78 is 5.08. The van der Waals surface area contributed by atoms with Crippen molar-refractivity contribution in [1.82, 2.24) is 0 Å². The molecule has 0 aliphatic carbocycles. The Balaban J connectivity index is 2.61. The monoisotopic (exact) mass is 204 g/mol. The number of nitrogens with zero attached hydrogens (tertiary/aromatic N) is 1. The van der Waals surface area contributed by atoms with E-state index in [1.807, 2.05) is 31.2 Å². The third kappa shape index (κ3) is 3.08. The van der Waals surface area contributed by atoms with Gasteiger partial charge in [-0.05, 0) is 18.1 Å². The van der Waals surface area contributed by atoms with E-state index in [9.17, 15) is 4.79 Å². The Hall–Kier alpha value is -1.86. The number of ether oxygens (including phenoxy) is 1. The highest BCUT2D eigenvalue weighted by molar-refractivity contribution is 5.81. The van der Waals surface area contributed by atoms with Crippen LogP contribution < -0.4 is 5.73 Å². The van der Waals surface area contributed by atoms with E-state index in [2.05, 4.69) is 0 Å². The summed E-state index contributed by atoms with van der Waals surface area (Å²) in [7, 11) is 0. The predicted molar refractivity (Wildman–Crippen MR) is 54.6 cm³/mol. The van der Waals surface area contributed by atoms with E-state index in [-0.39, 0.29) is 6.61 Å². The highest BCUT2D eigenvalue weighted by Crippen LogP contribution is 2.09. The average Bonchev–Trinajstić information content (AvgIpc) is 2.21. The van der Waals surface area contributed by atoms with Gasteiger partial charge in [0, 0.05) is 0 Å². The molecule has 78 valence electrons. The van der Waals surface area contributed by atoms with Gasteiger partial charge in [-0.1, -0.05) is 24.3 Å². The summed E-state index contributed by atoms with van der Waals surface area (Å²) in [6.45, 7) is 2.15. The summed E-state index contributed by atoms with van der Waals surface area (Å²) in [5, 5.41) is 8.57. The van der Waals surface area contributed by atoms with Crippen molar-refractivity contribution in [2.75, 3.05) is 0 Å². The molecule has 2 N–H and O–H groups in total. The Morgan fingerprint density at radius 2 is 2.27 bits per heavy atom. The van der Waals surface area contributed by atoms with Gasteiger partial charge in [0.2, 0.25) is 6.10 Å². The van der Waals surface area contributed by atoms with Crippen molar-refractivity contribution < 1.29 is 9.53 Å². The Morgan fingerprint density at radius 1 is 1.60 bits per heavy atom. The van der Waals surface area contributed by atoms with Gasteiger partial charge in [-0.2, -0.15) is 5.26 Å². The van der Waals surface area contributed by atoms with Gasteiger partial charge in [0.15, 0.2) is 0 Å². The zero-order valence-corrected chi connectivity index (χ0v) is 8.43. The highest BCUT2D eigenvalue weighted by atomic mass is 16.5. The van der Waals surface area contributed by atoms with Crippen LogP contribution in [0.2, 0.25) is 0 Å². The third-order valence-electron chi connectivity index (χ3n) is 2.04. The lowest BCUT2D eigenvalue weighted by atomic mass is 10.1. The molecule has 4 nitrogen and oxygen atoms in total. The van der Waals surface area contributed by atoms with Crippen LogP contribution in [-0.2, 0) is 16.1 Å². The van der Waals surface area contributed by atoms with Gasteiger partial charge in [0.05, 0.1) is 6.61 Å². The molecular formula is C11H12N2O2. The lowest BCUT2D eigenvalue weighted by Gasteiger charge is -2.08. The number of benzene rings is 1. The first-order valence-electron chi connectivity index (χ1n) is 4.50. The quantitative estimate of drug-likeness (QED) is 0.791. The first kappa shape index (κ1) is 11.2. The smallest absolute Gasteiger partial charge is 0.261 e. The molecule has 1 aromatic rings. The van der Waals surface area contributed by atoms with Crippen LogP contribution >= 0.6 is 0 Å². The van der Waals surface area contributed by atoms with Crippen molar-refractivity contribution in [3.63, 3.8) is 0 Å². The number of amides is 1. The largest absolute Gasteiger partial charge is 0.366 e. The van der Waals surface area contributed by atoms with Gasteiger partial charge >= 0.3 is 0 Å². The minimum absolute atomic E-state index is 0.216. The van der Waals surface area contributed by atoms with E-state index in [1.54, 1.807) is 6.07 Å². The normalized spacial score (nSPS) is 11.7. The summed E-state index contributed by atoms with van der Waals surface area (Å²) in [5.41, 5.74) is 6.96. The van der Waals surface area contributed by atoms with E-state index in [4.69, 9.17) is 15.7 Å². The standard InChI is InChI=1S/C11H12N2O2/c1-8-4-2-3-5-9(8)7-15-10(6-12)11(13)14/h2-5,10H,7H2,1H3,(H2,13,14). The topological polar surface area (TPSA) is 76.1 Å². The maximum Gasteiger partial charge on any atom is 0.261 e. The SMILES string of the molecule is Cc1ccccc1COC(C#N)C(N)=O. The molecule has 0 saturated carbocycles. The maximum atomic E-state index is 10.7. The average molecular weight is 204 g/mol. The van der Waals surface area contributed by atoms with Crippen LogP contribution in [-0.4, -0.2) is 12.0 Å². The molecule has 1 unspecified atom stereocenters. The van der Waals surface area contributed by atoms with Crippen LogP contribution in [0.5, 0.6) is 0 Å². The van der Waals surface area contributed by atoms with Crippen molar-refractivity contribution in [2.45, 2.75) is 19.6 Å². The zero-order chi connectivity index (χ0) is 11.3. The Labute approximate surface area is 88.3 Å². The van der Waals surface area contributed by atoms with Gasteiger partial charge in [-0.25, -0.2) is 0 Å². The van der Waals surface area contributed by atoms with Gasteiger partial charge in [-0.3, -0.25) is 4.79 Å². The van der Waals surface area contributed by atoms with Crippen molar-refractivity contribution in [3.8, 4) is 6.07 Å².